The van der Waals surface area contributed by atoms with Crippen LogP contribution in [0.4, 0.5) is 0 Å². The average molecular weight is 304 g/mol. The first-order valence-corrected chi connectivity index (χ1v) is 8.80. The minimum absolute atomic E-state index is 0.895. The van der Waals surface area contributed by atoms with Gasteiger partial charge in [0.1, 0.15) is 0 Å². The van der Waals surface area contributed by atoms with Crippen molar-refractivity contribution in [3.8, 4) is 0 Å². The molecule has 0 aliphatic carbocycles. The molecule has 22 heavy (non-hydrogen) atoms. The van der Waals surface area contributed by atoms with Crippen molar-refractivity contribution < 1.29 is 4.74 Å². The second kappa shape index (κ2) is 19.9. The molecule has 0 aliphatic rings. The van der Waals surface area contributed by atoms with Crippen LogP contribution in [-0.4, -0.2) is 13.7 Å². The van der Waals surface area contributed by atoms with Gasteiger partial charge >= 0.3 is 0 Å². The number of unbranched alkanes of at least 4 members (excludes halogenated alkanes) is 5. The van der Waals surface area contributed by atoms with Crippen molar-refractivity contribution in [2.45, 2.75) is 64.2 Å². The molecule has 0 rings (SSSR count). The van der Waals surface area contributed by atoms with Gasteiger partial charge in [0.2, 0.25) is 0 Å². The molecule has 0 heterocycles. The fourth-order valence-electron chi connectivity index (χ4n) is 2.00. The maximum atomic E-state index is 5.03. The van der Waals surface area contributed by atoms with Crippen LogP contribution in [0.2, 0.25) is 0 Å². The van der Waals surface area contributed by atoms with Gasteiger partial charge in [-0.2, -0.15) is 0 Å². The van der Waals surface area contributed by atoms with E-state index in [0.29, 0.717) is 0 Å². The summed E-state index contributed by atoms with van der Waals surface area (Å²) in [5, 5.41) is 0. The first-order valence-electron chi connectivity index (χ1n) is 8.80. The molecule has 0 saturated carbocycles. The Labute approximate surface area is 138 Å². The molecule has 1 radical (unpaired) electrons. The summed E-state index contributed by atoms with van der Waals surface area (Å²) in [4.78, 5) is 0. The molecule has 0 unspecified atom stereocenters. The summed E-state index contributed by atoms with van der Waals surface area (Å²) in [6, 6.07) is 0. The topological polar surface area (TPSA) is 9.23 Å². The van der Waals surface area contributed by atoms with Crippen molar-refractivity contribution in [3.05, 3.63) is 55.5 Å². The first-order chi connectivity index (χ1) is 10.9. The van der Waals surface area contributed by atoms with Gasteiger partial charge in [-0.1, -0.05) is 68.4 Å². The Bertz CT molecular complexity index is 310. The van der Waals surface area contributed by atoms with Crippen LogP contribution in [-0.2, 0) is 4.74 Å². The Morgan fingerprint density at radius 1 is 0.636 bits per heavy atom. The van der Waals surface area contributed by atoms with Crippen LogP contribution in [0.3, 0.4) is 0 Å². The molecular weight excluding hydrogens is 268 g/mol. The second-order valence-electron chi connectivity index (χ2n) is 5.43. The summed E-state index contributed by atoms with van der Waals surface area (Å²) in [6.45, 7) is 4.73. The van der Waals surface area contributed by atoms with Gasteiger partial charge in [-0.05, 0) is 51.4 Å². The van der Waals surface area contributed by atoms with E-state index in [2.05, 4.69) is 55.5 Å². The molecule has 0 amide bonds. The van der Waals surface area contributed by atoms with Crippen LogP contribution in [0.15, 0.2) is 48.6 Å². The van der Waals surface area contributed by atoms with E-state index in [0.717, 1.165) is 38.7 Å². The third-order valence-electron chi connectivity index (χ3n) is 3.32. The number of ether oxygens (including phenoxy) is 1. The smallest absolute Gasteiger partial charge is 0.0462 e. The zero-order valence-electron chi connectivity index (χ0n) is 14.5. The Kier molecular flexibility index (Phi) is 18.9. The lowest BCUT2D eigenvalue weighted by Crippen LogP contribution is -1.87. The molecule has 0 fully saturated rings. The Morgan fingerprint density at radius 2 is 1.14 bits per heavy atom. The average Bonchev–Trinajstić information content (AvgIpc) is 2.54. The van der Waals surface area contributed by atoms with E-state index in [1.54, 1.807) is 7.11 Å². The molecule has 125 valence electrons. The quantitative estimate of drug-likeness (QED) is 0.245. The maximum absolute atomic E-state index is 5.03. The van der Waals surface area contributed by atoms with Gasteiger partial charge in [0.05, 0.1) is 0 Å². The van der Waals surface area contributed by atoms with Crippen molar-refractivity contribution in [1.82, 2.24) is 0 Å². The molecule has 0 aromatic rings. The van der Waals surface area contributed by atoms with E-state index in [9.17, 15) is 0 Å². The molecule has 0 bridgehead atoms. The van der Waals surface area contributed by atoms with Crippen LogP contribution < -0.4 is 0 Å². The van der Waals surface area contributed by atoms with E-state index >= 15 is 0 Å². The van der Waals surface area contributed by atoms with Crippen LogP contribution in [0.25, 0.3) is 0 Å². The standard InChI is InChI=1S/C21H35O/c1-3-4-5-6-7-8-9-10-11-12-13-14-15-16-17-18-19-20-21-22-2/h6-7,9-10,12-13,15-16H,1,3-5,8,11,14,17-21H2,2H3/b7-6-,10-9-,13-12-,16-15-. The predicted octanol–water partition coefficient (Wildman–Crippen LogP) is 6.59. The highest BCUT2D eigenvalue weighted by molar-refractivity contribution is 4.99. The lowest BCUT2D eigenvalue weighted by Gasteiger charge is -1.96. The van der Waals surface area contributed by atoms with Crippen LogP contribution in [0.5, 0.6) is 0 Å². The van der Waals surface area contributed by atoms with Gasteiger partial charge in [-0.25, -0.2) is 0 Å². The Balaban J connectivity index is 3.34. The van der Waals surface area contributed by atoms with Crippen molar-refractivity contribution in [2.24, 2.45) is 0 Å². The van der Waals surface area contributed by atoms with E-state index in [-0.39, 0.29) is 0 Å². The molecule has 0 aromatic carbocycles. The highest BCUT2D eigenvalue weighted by Gasteiger charge is 1.85. The summed E-state index contributed by atoms with van der Waals surface area (Å²) < 4.78 is 5.03. The fourth-order valence-corrected chi connectivity index (χ4v) is 2.00. The molecule has 0 aliphatic heterocycles. The molecule has 0 aromatic heterocycles. The highest BCUT2D eigenvalue weighted by Crippen LogP contribution is 2.02. The summed E-state index contributed by atoms with van der Waals surface area (Å²) in [7, 11) is 1.77. The normalized spacial score (nSPS) is 12.6. The molecule has 0 atom stereocenters. The Hall–Kier alpha value is -1.08. The summed E-state index contributed by atoms with van der Waals surface area (Å²) in [5.41, 5.74) is 0. The maximum Gasteiger partial charge on any atom is 0.0462 e. The number of allylic oxidation sites excluding steroid dienone is 8. The minimum Gasteiger partial charge on any atom is -0.385 e. The molecular formula is C21H35O. The number of rotatable bonds is 15. The highest BCUT2D eigenvalue weighted by atomic mass is 16.5. The predicted molar refractivity (Wildman–Crippen MR) is 100.0 cm³/mol. The van der Waals surface area contributed by atoms with E-state index in [4.69, 9.17) is 4.74 Å². The third kappa shape index (κ3) is 18.9. The van der Waals surface area contributed by atoms with E-state index < -0.39 is 0 Å². The minimum atomic E-state index is 0.895. The number of methoxy groups -OCH3 is 1. The molecule has 0 spiro atoms. The largest absolute Gasteiger partial charge is 0.385 e. The molecule has 0 saturated heterocycles. The van der Waals surface area contributed by atoms with Gasteiger partial charge in [-0.3, -0.25) is 0 Å². The molecule has 1 heteroatoms. The Morgan fingerprint density at radius 3 is 1.64 bits per heavy atom. The van der Waals surface area contributed by atoms with Gasteiger partial charge in [0.15, 0.2) is 0 Å². The van der Waals surface area contributed by atoms with Gasteiger partial charge in [-0.15, -0.1) is 0 Å². The first kappa shape index (κ1) is 20.9. The van der Waals surface area contributed by atoms with Gasteiger partial charge < -0.3 is 4.74 Å². The van der Waals surface area contributed by atoms with Crippen molar-refractivity contribution >= 4 is 0 Å². The summed E-state index contributed by atoms with van der Waals surface area (Å²) in [5.74, 6) is 0. The van der Waals surface area contributed by atoms with Crippen LogP contribution in [0.1, 0.15) is 64.2 Å². The number of hydrogen-bond donors (Lipinski definition) is 0. The molecule has 0 N–H and O–H groups in total. The van der Waals surface area contributed by atoms with Crippen molar-refractivity contribution in [2.75, 3.05) is 13.7 Å². The zero-order chi connectivity index (χ0) is 16.1. The SMILES string of the molecule is [CH2]CCC/C=C\C/C=C\C/C=C\C/C=C\CCCCCOC. The van der Waals surface area contributed by atoms with Crippen LogP contribution in [0, 0.1) is 6.92 Å². The fraction of sp³-hybridized carbons (Fsp3) is 0.571. The number of hydrogen-bond acceptors (Lipinski definition) is 1. The lowest BCUT2D eigenvalue weighted by atomic mass is 10.2. The monoisotopic (exact) mass is 303 g/mol. The zero-order valence-corrected chi connectivity index (χ0v) is 14.5. The second-order valence-corrected chi connectivity index (χ2v) is 5.43. The van der Waals surface area contributed by atoms with Crippen molar-refractivity contribution in [1.29, 1.82) is 0 Å². The lowest BCUT2D eigenvalue weighted by molar-refractivity contribution is 0.192. The van der Waals surface area contributed by atoms with Crippen molar-refractivity contribution in [3.63, 3.8) is 0 Å². The van der Waals surface area contributed by atoms with E-state index in [1.165, 1.54) is 32.1 Å². The molecule has 1 nitrogen and oxygen atoms in total. The van der Waals surface area contributed by atoms with Crippen LogP contribution >= 0.6 is 0 Å². The van der Waals surface area contributed by atoms with E-state index in [1.807, 2.05) is 0 Å². The van der Waals surface area contributed by atoms with Gasteiger partial charge in [0.25, 0.3) is 0 Å². The summed E-state index contributed by atoms with van der Waals surface area (Å²) >= 11 is 0. The third-order valence-corrected chi connectivity index (χ3v) is 3.32. The van der Waals surface area contributed by atoms with Gasteiger partial charge in [0, 0.05) is 13.7 Å². The summed E-state index contributed by atoms with van der Waals surface area (Å²) in [6.07, 6.45) is 29.5.